The number of nitrogens with zero attached hydrogens (tertiary/aromatic N) is 4. The molecule has 1 atom stereocenters. The van der Waals surface area contributed by atoms with Gasteiger partial charge in [-0.15, -0.1) is 11.3 Å². The zero-order valence-electron chi connectivity index (χ0n) is 13.2. The van der Waals surface area contributed by atoms with Crippen LogP contribution in [-0.4, -0.2) is 34.6 Å². The first-order valence-electron chi connectivity index (χ1n) is 7.65. The topological polar surface area (TPSA) is 91.0 Å². The van der Waals surface area contributed by atoms with Crippen molar-refractivity contribution in [1.82, 2.24) is 14.9 Å². The molecule has 0 aliphatic carbocycles. The number of aryl methyl sites for hydroxylation is 1. The van der Waals surface area contributed by atoms with Gasteiger partial charge in [-0.1, -0.05) is 0 Å². The van der Waals surface area contributed by atoms with Crippen LogP contribution in [0.4, 0.5) is 5.82 Å². The first kappa shape index (κ1) is 16.2. The molecule has 1 aliphatic heterocycles. The summed E-state index contributed by atoms with van der Waals surface area (Å²) in [4.78, 5) is 31.1. The summed E-state index contributed by atoms with van der Waals surface area (Å²) >= 11 is 1.26. The number of rotatable bonds is 3. The number of nitrogens with one attached hydrogen (secondary N) is 1. The Morgan fingerprint density at radius 1 is 1.54 bits per heavy atom. The van der Waals surface area contributed by atoms with Crippen molar-refractivity contribution >= 4 is 23.1 Å². The molecule has 1 amide bonds. The van der Waals surface area contributed by atoms with E-state index >= 15 is 0 Å². The smallest absolute Gasteiger partial charge is 0.293 e. The normalized spacial score (nSPS) is 17.3. The maximum absolute atomic E-state index is 12.4. The Hall–Kier alpha value is -2.66. The summed E-state index contributed by atoms with van der Waals surface area (Å²) < 4.78 is 1.50. The van der Waals surface area contributed by atoms with Crippen molar-refractivity contribution in [1.29, 1.82) is 5.26 Å². The van der Waals surface area contributed by atoms with Gasteiger partial charge in [-0.25, -0.2) is 4.98 Å². The Labute approximate surface area is 143 Å². The van der Waals surface area contributed by atoms with Crippen molar-refractivity contribution < 1.29 is 4.79 Å². The summed E-state index contributed by atoms with van der Waals surface area (Å²) in [5.74, 6) is 0.176. The second-order valence-electron chi connectivity index (χ2n) is 5.70. The number of hydrogen-bond acceptors (Lipinski definition) is 6. The number of amides is 1. The number of carbonyl (C=O) groups excluding carboxylic acids is 1. The molecule has 124 valence electrons. The average molecular weight is 343 g/mol. The van der Waals surface area contributed by atoms with E-state index in [1.807, 2.05) is 11.0 Å². The molecule has 3 rings (SSSR count). The van der Waals surface area contributed by atoms with Gasteiger partial charge in [0.05, 0.1) is 5.56 Å². The van der Waals surface area contributed by atoms with Gasteiger partial charge in [0, 0.05) is 38.6 Å². The van der Waals surface area contributed by atoms with Crippen molar-refractivity contribution in [3.63, 3.8) is 0 Å². The van der Waals surface area contributed by atoms with Crippen molar-refractivity contribution in [3.8, 4) is 6.07 Å². The molecule has 0 radical (unpaired) electrons. The summed E-state index contributed by atoms with van der Waals surface area (Å²) in [6.45, 7) is 1.27. The number of anilines is 1. The Morgan fingerprint density at radius 3 is 3.17 bits per heavy atom. The molecular weight excluding hydrogens is 326 g/mol. The van der Waals surface area contributed by atoms with Crippen LogP contribution in [0.5, 0.6) is 0 Å². The van der Waals surface area contributed by atoms with E-state index in [2.05, 4.69) is 10.3 Å². The van der Waals surface area contributed by atoms with Gasteiger partial charge in [0.25, 0.3) is 11.5 Å². The maximum Gasteiger partial charge on any atom is 0.293 e. The molecule has 24 heavy (non-hydrogen) atoms. The fourth-order valence-corrected chi connectivity index (χ4v) is 3.56. The third-order valence-electron chi connectivity index (χ3n) is 4.05. The fraction of sp³-hybridized carbons (Fsp3) is 0.375. The van der Waals surface area contributed by atoms with Gasteiger partial charge < -0.3 is 14.8 Å². The molecule has 0 unspecified atom stereocenters. The van der Waals surface area contributed by atoms with E-state index in [0.29, 0.717) is 22.8 Å². The molecule has 2 aromatic rings. The Kier molecular flexibility index (Phi) is 4.62. The number of aromatic nitrogens is 2. The predicted octanol–water partition coefficient (Wildman–Crippen LogP) is 1.11. The Bertz CT molecular complexity index is 851. The fourth-order valence-electron chi connectivity index (χ4n) is 2.81. The maximum atomic E-state index is 12.4. The van der Waals surface area contributed by atoms with E-state index in [-0.39, 0.29) is 17.5 Å². The second kappa shape index (κ2) is 6.84. The number of nitriles is 1. The average Bonchev–Trinajstić information content (AvgIpc) is 3.06. The molecule has 1 saturated heterocycles. The third-order valence-corrected chi connectivity index (χ3v) is 4.96. The van der Waals surface area contributed by atoms with Crippen LogP contribution < -0.4 is 15.8 Å². The minimum Gasteiger partial charge on any atom is -0.350 e. The number of hydrogen-bond donors (Lipinski definition) is 1. The largest absolute Gasteiger partial charge is 0.350 e. The molecule has 2 aromatic heterocycles. The SMILES string of the molecule is Cn1ccnc(N2CCC[C@H](NC(=O)c3sccc3C#N)C2)c1=O. The van der Waals surface area contributed by atoms with Crippen LogP contribution in [-0.2, 0) is 7.05 Å². The first-order valence-corrected chi connectivity index (χ1v) is 8.53. The van der Waals surface area contributed by atoms with Gasteiger partial charge in [0.1, 0.15) is 10.9 Å². The van der Waals surface area contributed by atoms with Crippen LogP contribution >= 0.6 is 11.3 Å². The molecule has 0 aromatic carbocycles. The minimum absolute atomic E-state index is 0.0772. The summed E-state index contributed by atoms with van der Waals surface area (Å²) in [6, 6.07) is 3.59. The number of piperidine rings is 1. The second-order valence-corrected chi connectivity index (χ2v) is 6.62. The van der Waals surface area contributed by atoms with Gasteiger partial charge >= 0.3 is 0 Å². The van der Waals surface area contributed by atoms with E-state index in [0.717, 1.165) is 19.4 Å². The lowest BCUT2D eigenvalue weighted by molar-refractivity contribution is 0.0937. The van der Waals surface area contributed by atoms with E-state index < -0.39 is 0 Å². The van der Waals surface area contributed by atoms with Crippen LogP contribution in [0.2, 0.25) is 0 Å². The van der Waals surface area contributed by atoms with Crippen LogP contribution in [0.15, 0.2) is 28.6 Å². The number of carbonyl (C=O) groups is 1. The quantitative estimate of drug-likeness (QED) is 0.901. The van der Waals surface area contributed by atoms with Gasteiger partial charge in [-0.05, 0) is 24.3 Å². The molecule has 3 heterocycles. The summed E-state index contributed by atoms with van der Waals surface area (Å²) in [7, 11) is 1.69. The molecule has 1 N–H and O–H groups in total. The van der Waals surface area contributed by atoms with Crippen molar-refractivity contribution in [2.24, 2.45) is 7.05 Å². The molecule has 0 saturated carbocycles. The van der Waals surface area contributed by atoms with Gasteiger partial charge in [0.2, 0.25) is 0 Å². The molecule has 0 spiro atoms. The Balaban J connectivity index is 1.72. The minimum atomic E-state index is -0.234. The van der Waals surface area contributed by atoms with Gasteiger partial charge in [0.15, 0.2) is 5.82 Å². The molecule has 0 bridgehead atoms. The van der Waals surface area contributed by atoms with Crippen molar-refractivity contribution in [2.45, 2.75) is 18.9 Å². The highest BCUT2D eigenvalue weighted by atomic mass is 32.1. The predicted molar refractivity (Wildman–Crippen MR) is 91.2 cm³/mol. The highest BCUT2D eigenvalue weighted by Crippen LogP contribution is 2.18. The van der Waals surface area contributed by atoms with Gasteiger partial charge in [-0.2, -0.15) is 5.26 Å². The highest BCUT2D eigenvalue weighted by molar-refractivity contribution is 7.12. The zero-order chi connectivity index (χ0) is 17.1. The standard InChI is InChI=1S/C16H17N5O2S/c1-20-7-5-18-14(16(20)23)21-6-2-3-12(10-21)19-15(22)13-11(9-17)4-8-24-13/h4-5,7-8,12H,2-3,6,10H2,1H3,(H,19,22)/t12-/m0/s1. The first-order chi connectivity index (χ1) is 11.6. The van der Waals surface area contributed by atoms with Crippen LogP contribution in [0.1, 0.15) is 28.1 Å². The van der Waals surface area contributed by atoms with E-state index in [1.54, 1.807) is 30.9 Å². The monoisotopic (exact) mass is 343 g/mol. The van der Waals surface area contributed by atoms with Crippen molar-refractivity contribution in [3.05, 3.63) is 44.6 Å². The Morgan fingerprint density at radius 2 is 2.38 bits per heavy atom. The summed E-state index contributed by atoms with van der Waals surface area (Å²) in [5, 5.41) is 13.7. The summed E-state index contributed by atoms with van der Waals surface area (Å²) in [5.41, 5.74) is 0.248. The third kappa shape index (κ3) is 3.16. The number of thiophene rings is 1. The van der Waals surface area contributed by atoms with E-state index in [1.165, 1.54) is 15.9 Å². The van der Waals surface area contributed by atoms with Gasteiger partial charge in [-0.3, -0.25) is 9.59 Å². The zero-order valence-corrected chi connectivity index (χ0v) is 14.0. The van der Waals surface area contributed by atoms with Crippen LogP contribution in [0.25, 0.3) is 0 Å². The van der Waals surface area contributed by atoms with E-state index in [4.69, 9.17) is 5.26 Å². The van der Waals surface area contributed by atoms with E-state index in [9.17, 15) is 9.59 Å². The molecule has 1 fully saturated rings. The lowest BCUT2D eigenvalue weighted by atomic mass is 10.1. The summed E-state index contributed by atoms with van der Waals surface area (Å²) in [6.07, 6.45) is 4.92. The molecule has 7 nitrogen and oxygen atoms in total. The molecule has 1 aliphatic rings. The molecule has 8 heteroatoms. The van der Waals surface area contributed by atoms with Crippen LogP contribution in [0, 0.1) is 11.3 Å². The lowest BCUT2D eigenvalue weighted by Crippen LogP contribution is -2.49. The highest BCUT2D eigenvalue weighted by Gasteiger charge is 2.25. The molecular formula is C16H17N5O2S. The van der Waals surface area contributed by atoms with Crippen molar-refractivity contribution in [2.75, 3.05) is 18.0 Å². The lowest BCUT2D eigenvalue weighted by Gasteiger charge is -2.33. The van der Waals surface area contributed by atoms with Crippen LogP contribution in [0.3, 0.4) is 0 Å².